The molecular formula is C17H27BrN2. The van der Waals surface area contributed by atoms with E-state index in [1.807, 2.05) is 0 Å². The summed E-state index contributed by atoms with van der Waals surface area (Å²) in [5.41, 5.74) is 2.72. The number of halogens is 1. The Kier molecular flexibility index (Phi) is 6.37. The molecule has 1 atom stereocenters. The molecular weight excluding hydrogens is 312 g/mol. The van der Waals surface area contributed by atoms with Crippen LogP contribution in [0.2, 0.25) is 0 Å². The molecule has 1 aliphatic rings. The van der Waals surface area contributed by atoms with Crippen LogP contribution in [-0.4, -0.2) is 19.1 Å². The van der Waals surface area contributed by atoms with E-state index in [1.165, 1.54) is 54.4 Å². The fourth-order valence-corrected chi connectivity index (χ4v) is 3.59. The van der Waals surface area contributed by atoms with Crippen LogP contribution < -0.4 is 10.2 Å². The van der Waals surface area contributed by atoms with Gasteiger partial charge in [-0.05, 0) is 66.4 Å². The van der Waals surface area contributed by atoms with Crippen molar-refractivity contribution < 1.29 is 0 Å². The Hall–Kier alpha value is -0.540. The van der Waals surface area contributed by atoms with Crippen LogP contribution in [-0.2, 0) is 6.54 Å². The van der Waals surface area contributed by atoms with Gasteiger partial charge in [0, 0.05) is 23.6 Å². The maximum absolute atomic E-state index is 3.78. The molecule has 0 bridgehead atoms. The largest absolute Gasteiger partial charge is 0.368 e. The molecule has 1 unspecified atom stereocenters. The highest BCUT2D eigenvalue weighted by molar-refractivity contribution is 9.10. The first kappa shape index (κ1) is 15.8. The van der Waals surface area contributed by atoms with Gasteiger partial charge >= 0.3 is 0 Å². The van der Waals surface area contributed by atoms with Crippen LogP contribution in [0.4, 0.5) is 5.69 Å². The van der Waals surface area contributed by atoms with Crippen LogP contribution in [0.5, 0.6) is 0 Å². The van der Waals surface area contributed by atoms with Gasteiger partial charge in [-0.1, -0.05) is 25.8 Å². The molecule has 2 nitrogen and oxygen atoms in total. The van der Waals surface area contributed by atoms with Gasteiger partial charge in [0.15, 0.2) is 0 Å². The minimum atomic E-state index is 0.651. The zero-order valence-electron chi connectivity index (χ0n) is 12.8. The lowest BCUT2D eigenvalue weighted by molar-refractivity contribution is 0.615. The second-order valence-electron chi connectivity index (χ2n) is 5.85. The van der Waals surface area contributed by atoms with Gasteiger partial charge in [-0.25, -0.2) is 0 Å². The maximum Gasteiger partial charge on any atom is 0.0513 e. The Morgan fingerprint density at radius 2 is 2.15 bits per heavy atom. The van der Waals surface area contributed by atoms with Crippen molar-refractivity contribution in [1.29, 1.82) is 0 Å². The highest BCUT2D eigenvalue weighted by atomic mass is 79.9. The Labute approximate surface area is 132 Å². The third kappa shape index (κ3) is 4.23. The molecule has 112 valence electrons. The average Bonchev–Trinajstić information content (AvgIpc) is 2.64. The fraction of sp³-hybridized carbons (Fsp3) is 0.647. The van der Waals surface area contributed by atoms with Gasteiger partial charge in [0.2, 0.25) is 0 Å². The minimum absolute atomic E-state index is 0.651. The summed E-state index contributed by atoms with van der Waals surface area (Å²) in [5.74, 6) is 0. The van der Waals surface area contributed by atoms with Gasteiger partial charge in [0.05, 0.1) is 5.69 Å². The fourth-order valence-electron chi connectivity index (χ4n) is 2.94. The van der Waals surface area contributed by atoms with E-state index in [2.05, 4.69) is 58.2 Å². The Morgan fingerprint density at radius 3 is 2.90 bits per heavy atom. The lowest BCUT2D eigenvalue weighted by Gasteiger charge is -2.30. The lowest BCUT2D eigenvalue weighted by Crippen LogP contribution is -2.32. The number of anilines is 1. The first-order chi connectivity index (χ1) is 9.72. The van der Waals surface area contributed by atoms with Crippen LogP contribution in [0.1, 0.15) is 51.5 Å². The van der Waals surface area contributed by atoms with Crippen molar-refractivity contribution in [1.82, 2.24) is 5.32 Å². The number of benzene rings is 1. The van der Waals surface area contributed by atoms with Gasteiger partial charge in [0.1, 0.15) is 0 Å². The molecule has 1 aliphatic heterocycles. The van der Waals surface area contributed by atoms with Crippen molar-refractivity contribution in [2.75, 3.05) is 18.0 Å². The van der Waals surface area contributed by atoms with E-state index in [4.69, 9.17) is 0 Å². The van der Waals surface area contributed by atoms with Crippen molar-refractivity contribution in [3.63, 3.8) is 0 Å². The van der Waals surface area contributed by atoms with Crippen LogP contribution >= 0.6 is 15.9 Å². The average molecular weight is 339 g/mol. The second kappa shape index (κ2) is 8.04. The summed E-state index contributed by atoms with van der Waals surface area (Å²) < 4.78 is 1.24. The van der Waals surface area contributed by atoms with E-state index in [1.54, 1.807) is 0 Å². The van der Waals surface area contributed by atoms with E-state index < -0.39 is 0 Å². The third-order valence-corrected chi connectivity index (χ3v) is 4.77. The van der Waals surface area contributed by atoms with Crippen molar-refractivity contribution in [3.8, 4) is 0 Å². The zero-order chi connectivity index (χ0) is 14.4. The summed E-state index contributed by atoms with van der Waals surface area (Å²) >= 11 is 3.78. The summed E-state index contributed by atoms with van der Waals surface area (Å²) in [7, 11) is 0. The first-order valence-corrected chi connectivity index (χ1v) is 8.77. The SMILES string of the molecule is CCCNCc1ccc(N2CCCCCC2C)c(Br)c1. The van der Waals surface area contributed by atoms with Gasteiger partial charge in [-0.15, -0.1) is 0 Å². The lowest BCUT2D eigenvalue weighted by atomic mass is 10.1. The number of nitrogens with one attached hydrogen (secondary N) is 1. The van der Waals surface area contributed by atoms with Crippen LogP contribution in [0.15, 0.2) is 22.7 Å². The Morgan fingerprint density at radius 1 is 1.30 bits per heavy atom. The quantitative estimate of drug-likeness (QED) is 0.781. The standard InChI is InChI=1S/C17H27BrN2/c1-3-10-19-13-15-8-9-17(16(18)12-15)20-11-6-4-5-7-14(20)2/h8-9,12,14,19H,3-7,10-11,13H2,1-2H3. The van der Waals surface area contributed by atoms with E-state index >= 15 is 0 Å². The topological polar surface area (TPSA) is 15.3 Å². The third-order valence-electron chi connectivity index (χ3n) is 4.13. The minimum Gasteiger partial charge on any atom is -0.368 e. The Balaban J connectivity index is 2.07. The second-order valence-corrected chi connectivity index (χ2v) is 6.71. The van der Waals surface area contributed by atoms with Crippen LogP contribution in [0, 0.1) is 0 Å². The van der Waals surface area contributed by atoms with Crippen LogP contribution in [0.3, 0.4) is 0 Å². The Bertz CT molecular complexity index is 419. The number of nitrogens with zero attached hydrogens (tertiary/aromatic N) is 1. The summed E-state index contributed by atoms with van der Waals surface area (Å²) in [6.07, 6.45) is 6.55. The highest BCUT2D eigenvalue weighted by Gasteiger charge is 2.19. The molecule has 3 heteroatoms. The zero-order valence-corrected chi connectivity index (χ0v) is 14.4. The molecule has 1 heterocycles. The first-order valence-electron chi connectivity index (χ1n) is 7.98. The molecule has 0 radical (unpaired) electrons. The van der Waals surface area contributed by atoms with E-state index in [0.29, 0.717) is 6.04 Å². The summed E-state index contributed by atoms with van der Waals surface area (Å²) in [4.78, 5) is 2.57. The van der Waals surface area contributed by atoms with Crippen molar-refractivity contribution in [2.45, 2.75) is 58.5 Å². The summed E-state index contributed by atoms with van der Waals surface area (Å²) in [5, 5.41) is 3.46. The molecule has 1 N–H and O–H groups in total. The van der Waals surface area contributed by atoms with Gasteiger partial charge in [-0.3, -0.25) is 0 Å². The predicted molar refractivity (Wildman–Crippen MR) is 91.4 cm³/mol. The maximum atomic E-state index is 3.78. The molecule has 0 aromatic heterocycles. The monoisotopic (exact) mass is 338 g/mol. The van der Waals surface area contributed by atoms with Gasteiger partial charge < -0.3 is 10.2 Å². The van der Waals surface area contributed by atoms with Crippen molar-refractivity contribution in [3.05, 3.63) is 28.2 Å². The number of rotatable bonds is 5. The van der Waals surface area contributed by atoms with Gasteiger partial charge in [0.25, 0.3) is 0 Å². The predicted octanol–water partition coefficient (Wildman–Crippen LogP) is 4.72. The smallest absolute Gasteiger partial charge is 0.0513 e. The molecule has 1 fully saturated rings. The molecule has 0 amide bonds. The number of hydrogen-bond donors (Lipinski definition) is 1. The molecule has 0 aliphatic carbocycles. The van der Waals surface area contributed by atoms with E-state index in [-0.39, 0.29) is 0 Å². The van der Waals surface area contributed by atoms with Crippen LogP contribution in [0.25, 0.3) is 0 Å². The molecule has 0 spiro atoms. The van der Waals surface area contributed by atoms with E-state index in [0.717, 1.165) is 13.1 Å². The molecule has 1 aromatic carbocycles. The molecule has 0 saturated carbocycles. The molecule has 1 aromatic rings. The molecule has 2 rings (SSSR count). The van der Waals surface area contributed by atoms with Crippen molar-refractivity contribution in [2.24, 2.45) is 0 Å². The van der Waals surface area contributed by atoms with Gasteiger partial charge in [-0.2, -0.15) is 0 Å². The van der Waals surface area contributed by atoms with Crippen molar-refractivity contribution >= 4 is 21.6 Å². The normalized spacial score (nSPS) is 19.9. The van der Waals surface area contributed by atoms with E-state index in [9.17, 15) is 0 Å². The molecule has 20 heavy (non-hydrogen) atoms. The number of hydrogen-bond acceptors (Lipinski definition) is 2. The molecule has 1 saturated heterocycles. The summed E-state index contributed by atoms with van der Waals surface area (Å²) in [6.45, 7) is 7.79. The summed E-state index contributed by atoms with van der Waals surface area (Å²) in [6, 6.07) is 7.48. The highest BCUT2D eigenvalue weighted by Crippen LogP contribution is 2.31.